The number of hydrogen-bond donors (Lipinski definition) is 1. The van der Waals surface area contributed by atoms with E-state index in [9.17, 15) is 4.39 Å². The fraction of sp³-hybridized carbons (Fsp3) is 0.412. The van der Waals surface area contributed by atoms with Crippen LogP contribution in [0.3, 0.4) is 0 Å². The van der Waals surface area contributed by atoms with E-state index in [4.69, 9.17) is 0 Å². The molecule has 1 heterocycles. The van der Waals surface area contributed by atoms with Gasteiger partial charge in [-0.2, -0.15) is 11.3 Å². The van der Waals surface area contributed by atoms with Crippen molar-refractivity contribution in [1.29, 1.82) is 0 Å². The Bertz CT molecular complexity index is 516. The first kappa shape index (κ1) is 13.8. The third-order valence-corrected chi connectivity index (χ3v) is 4.55. The van der Waals surface area contributed by atoms with Crippen molar-refractivity contribution < 1.29 is 4.39 Å². The number of halogens is 1. The standard InChI is InChI=1S/C17H20FNS/c18-16-3-1-13(2-4-16)9-15(11-19-17-5-6-17)10-14-7-8-20-12-14/h1-4,7-8,12,15,17,19H,5-6,9-11H2. The SMILES string of the molecule is Fc1ccc(CC(CNC2CC2)Cc2ccsc2)cc1. The van der Waals surface area contributed by atoms with E-state index in [2.05, 4.69) is 22.1 Å². The smallest absolute Gasteiger partial charge is 0.123 e. The molecule has 0 radical (unpaired) electrons. The Morgan fingerprint density at radius 3 is 2.50 bits per heavy atom. The number of nitrogens with one attached hydrogen (secondary N) is 1. The minimum absolute atomic E-state index is 0.153. The number of thiophene rings is 1. The maximum atomic E-state index is 13.0. The maximum Gasteiger partial charge on any atom is 0.123 e. The summed E-state index contributed by atoms with van der Waals surface area (Å²) in [5, 5.41) is 8.00. The molecule has 0 aliphatic heterocycles. The Morgan fingerprint density at radius 1 is 1.10 bits per heavy atom. The summed E-state index contributed by atoms with van der Waals surface area (Å²) >= 11 is 1.76. The van der Waals surface area contributed by atoms with Crippen LogP contribution in [0, 0.1) is 11.7 Å². The predicted molar refractivity (Wildman–Crippen MR) is 82.6 cm³/mol. The van der Waals surface area contributed by atoms with Crippen molar-refractivity contribution in [2.45, 2.75) is 31.7 Å². The van der Waals surface area contributed by atoms with Crippen LogP contribution in [-0.4, -0.2) is 12.6 Å². The van der Waals surface area contributed by atoms with Crippen molar-refractivity contribution in [2.24, 2.45) is 5.92 Å². The molecule has 1 unspecified atom stereocenters. The molecule has 106 valence electrons. The first-order chi connectivity index (χ1) is 9.79. The molecule has 1 aromatic heterocycles. The van der Waals surface area contributed by atoms with Crippen LogP contribution >= 0.6 is 11.3 Å². The van der Waals surface area contributed by atoms with Gasteiger partial charge >= 0.3 is 0 Å². The van der Waals surface area contributed by atoms with E-state index in [0.29, 0.717) is 5.92 Å². The van der Waals surface area contributed by atoms with Crippen LogP contribution < -0.4 is 5.32 Å². The Hall–Kier alpha value is -1.19. The van der Waals surface area contributed by atoms with Gasteiger partial charge in [0.2, 0.25) is 0 Å². The summed E-state index contributed by atoms with van der Waals surface area (Å²) in [5.74, 6) is 0.426. The van der Waals surface area contributed by atoms with E-state index in [1.807, 2.05) is 12.1 Å². The van der Waals surface area contributed by atoms with Gasteiger partial charge in [-0.25, -0.2) is 4.39 Å². The first-order valence-corrected chi connectivity index (χ1v) is 8.23. The van der Waals surface area contributed by atoms with Gasteiger partial charge in [-0.3, -0.25) is 0 Å². The van der Waals surface area contributed by atoms with Crippen molar-refractivity contribution in [2.75, 3.05) is 6.54 Å². The highest BCUT2D eigenvalue weighted by atomic mass is 32.1. The predicted octanol–water partition coefficient (Wildman–Crippen LogP) is 4.04. The lowest BCUT2D eigenvalue weighted by atomic mass is 9.93. The fourth-order valence-corrected chi connectivity index (χ4v) is 3.21. The van der Waals surface area contributed by atoms with Crippen molar-refractivity contribution in [3.63, 3.8) is 0 Å². The van der Waals surface area contributed by atoms with E-state index in [-0.39, 0.29) is 5.82 Å². The zero-order valence-electron chi connectivity index (χ0n) is 11.5. The second-order valence-electron chi connectivity index (χ2n) is 5.71. The summed E-state index contributed by atoms with van der Waals surface area (Å²) in [7, 11) is 0. The minimum Gasteiger partial charge on any atom is -0.314 e. The minimum atomic E-state index is -0.153. The summed E-state index contributed by atoms with van der Waals surface area (Å²) < 4.78 is 13.0. The van der Waals surface area contributed by atoms with Crippen LogP contribution in [-0.2, 0) is 12.8 Å². The summed E-state index contributed by atoms with van der Waals surface area (Å²) in [5.41, 5.74) is 2.64. The van der Waals surface area contributed by atoms with Crippen molar-refractivity contribution >= 4 is 11.3 Å². The van der Waals surface area contributed by atoms with Gasteiger partial charge in [0.15, 0.2) is 0 Å². The molecular weight excluding hydrogens is 269 g/mol. The second-order valence-corrected chi connectivity index (χ2v) is 6.49. The monoisotopic (exact) mass is 289 g/mol. The zero-order valence-corrected chi connectivity index (χ0v) is 12.3. The highest BCUT2D eigenvalue weighted by Crippen LogP contribution is 2.21. The van der Waals surface area contributed by atoms with E-state index < -0.39 is 0 Å². The Kier molecular flexibility index (Phi) is 4.48. The lowest BCUT2D eigenvalue weighted by molar-refractivity contribution is 0.469. The van der Waals surface area contributed by atoms with Crippen LogP contribution in [0.1, 0.15) is 24.0 Å². The van der Waals surface area contributed by atoms with Crippen LogP contribution in [0.25, 0.3) is 0 Å². The largest absolute Gasteiger partial charge is 0.314 e. The van der Waals surface area contributed by atoms with Gasteiger partial charge in [-0.1, -0.05) is 12.1 Å². The van der Waals surface area contributed by atoms with Crippen LogP contribution in [0.2, 0.25) is 0 Å². The molecular formula is C17H20FNS. The number of rotatable bonds is 7. The van der Waals surface area contributed by atoms with E-state index in [1.54, 1.807) is 23.5 Å². The molecule has 0 bridgehead atoms. The van der Waals surface area contributed by atoms with Crippen molar-refractivity contribution in [3.8, 4) is 0 Å². The molecule has 3 heteroatoms. The average molecular weight is 289 g/mol. The quantitative estimate of drug-likeness (QED) is 0.811. The Morgan fingerprint density at radius 2 is 1.85 bits per heavy atom. The highest BCUT2D eigenvalue weighted by Gasteiger charge is 2.22. The molecule has 1 aliphatic rings. The summed E-state index contributed by atoms with van der Waals surface area (Å²) in [6.45, 7) is 1.05. The van der Waals surface area contributed by atoms with E-state index in [1.165, 1.54) is 24.0 Å². The molecule has 2 aromatic rings. The molecule has 0 spiro atoms. The molecule has 1 atom stereocenters. The number of benzene rings is 1. The molecule has 20 heavy (non-hydrogen) atoms. The molecule has 1 aromatic carbocycles. The summed E-state index contributed by atoms with van der Waals surface area (Å²) in [6.07, 6.45) is 4.75. The number of hydrogen-bond acceptors (Lipinski definition) is 2. The van der Waals surface area contributed by atoms with Crippen LogP contribution in [0.15, 0.2) is 41.1 Å². The van der Waals surface area contributed by atoms with Crippen LogP contribution in [0.5, 0.6) is 0 Å². The van der Waals surface area contributed by atoms with Gasteiger partial charge in [0, 0.05) is 6.04 Å². The van der Waals surface area contributed by atoms with Gasteiger partial charge in [0.1, 0.15) is 5.82 Å². The van der Waals surface area contributed by atoms with Crippen LogP contribution in [0.4, 0.5) is 4.39 Å². The van der Waals surface area contributed by atoms with Crippen molar-refractivity contribution in [3.05, 3.63) is 58.0 Å². The normalized spacial score (nSPS) is 16.2. The average Bonchev–Trinajstić information content (AvgIpc) is 3.15. The molecule has 0 saturated heterocycles. The van der Waals surface area contributed by atoms with Gasteiger partial charge in [-0.05, 0) is 78.2 Å². The highest BCUT2D eigenvalue weighted by molar-refractivity contribution is 7.07. The lowest BCUT2D eigenvalue weighted by Crippen LogP contribution is -2.27. The zero-order chi connectivity index (χ0) is 13.8. The molecule has 1 saturated carbocycles. The van der Waals surface area contributed by atoms with Gasteiger partial charge < -0.3 is 5.32 Å². The topological polar surface area (TPSA) is 12.0 Å². The molecule has 1 aliphatic carbocycles. The molecule has 1 nitrogen and oxygen atoms in total. The second kappa shape index (κ2) is 6.51. The third-order valence-electron chi connectivity index (χ3n) is 3.81. The first-order valence-electron chi connectivity index (χ1n) is 7.28. The van der Waals surface area contributed by atoms with E-state index in [0.717, 1.165) is 25.4 Å². The summed E-state index contributed by atoms with van der Waals surface area (Å²) in [4.78, 5) is 0. The maximum absolute atomic E-state index is 13.0. The Labute approximate surface area is 123 Å². The van der Waals surface area contributed by atoms with E-state index >= 15 is 0 Å². The summed E-state index contributed by atoms with van der Waals surface area (Å²) in [6, 6.07) is 9.89. The van der Waals surface area contributed by atoms with Gasteiger partial charge in [-0.15, -0.1) is 0 Å². The molecule has 1 N–H and O–H groups in total. The Balaban J connectivity index is 1.61. The molecule has 3 rings (SSSR count). The van der Waals surface area contributed by atoms with Gasteiger partial charge in [0.25, 0.3) is 0 Å². The molecule has 0 amide bonds. The van der Waals surface area contributed by atoms with Crippen molar-refractivity contribution in [1.82, 2.24) is 5.32 Å². The third kappa shape index (κ3) is 4.15. The lowest BCUT2D eigenvalue weighted by Gasteiger charge is -2.17. The molecule has 1 fully saturated rings. The van der Waals surface area contributed by atoms with Gasteiger partial charge in [0.05, 0.1) is 0 Å². The fourth-order valence-electron chi connectivity index (χ4n) is 2.53.